The van der Waals surface area contributed by atoms with Crippen molar-refractivity contribution in [3.05, 3.63) is 42.5 Å². The number of carbonyl (C=O) groups is 2. The van der Waals surface area contributed by atoms with Crippen molar-refractivity contribution in [1.29, 1.82) is 0 Å². The summed E-state index contributed by atoms with van der Waals surface area (Å²) in [6.07, 6.45) is -3.92. The van der Waals surface area contributed by atoms with Gasteiger partial charge in [0.25, 0.3) is 0 Å². The summed E-state index contributed by atoms with van der Waals surface area (Å²) in [6.45, 7) is 3.60. The molecule has 0 aliphatic heterocycles. The molecule has 5 nitrogen and oxygen atoms in total. The summed E-state index contributed by atoms with van der Waals surface area (Å²) in [5, 5.41) is 4.28. The van der Waals surface area contributed by atoms with Crippen molar-refractivity contribution in [1.82, 2.24) is 10.6 Å². The second-order valence-corrected chi connectivity index (χ2v) is 4.59. The molecule has 2 N–H and O–H groups in total. The van der Waals surface area contributed by atoms with Crippen LogP contribution in [0.15, 0.2) is 36.9 Å². The van der Waals surface area contributed by atoms with Gasteiger partial charge in [0.05, 0.1) is 19.6 Å². The highest BCUT2D eigenvalue weighted by atomic mass is 19.4. The summed E-state index contributed by atoms with van der Waals surface area (Å²) in [5.74, 6) is -2.10. The Bertz CT molecular complexity index is 556. The normalized spacial score (nSPS) is 12.2. The van der Waals surface area contributed by atoms with Crippen LogP contribution in [0, 0.1) is 0 Å². The predicted octanol–water partition coefficient (Wildman–Crippen LogP) is 2.11. The van der Waals surface area contributed by atoms with Gasteiger partial charge >= 0.3 is 12.1 Å². The Morgan fingerprint density at radius 1 is 1.30 bits per heavy atom. The van der Waals surface area contributed by atoms with Crippen molar-refractivity contribution in [3.63, 3.8) is 0 Å². The van der Waals surface area contributed by atoms with E-state index in [1.807, 2.05) is 5.32 Å². The number of alkyl halides is 3. The fourth-order valence-corrected chi connectivity index (χ4v) is 1.77. The molecule has 0 saturated heterocycles. The van der Waals surface area contributed by atoms with Gasteiger partial charge in [-0.1, -0.05) is 18.2 Å². The zero-order valence-corrected chi connectivity index (χ0v) is 12.4. The number of rotatable bonds is 7. The van der Waals surface area contributed by atoms with Crippen molar-refractivity contribution >= 4 is 11.8 Å². The Hall–Kier alpha value is -2.51. The fraction of sp³-hybridized carbons (Fsp3) is 0.333. The van der Waals surface area contributed by atoms with Crippen LogP contribution in [0.3, 0.4) is 0 Å². The van der Waals surface area contributed by atoms with Crippen LogP contribution in [0.5, 0.6) is 5.75 Å². The predicted molar refractivity (Wildman–Crippen MR) is 77.8 cm³/mol. The maximum atomic E-state index is 12.4. The van der Waals surface area contributed by atoms with E-state index in [9.17, 15) is 22.8 Å². The third-order valence-electron chi connectivity index (χ3n) is 2.91. The molecule has 0 aromatic heterocycles. The quantitative estimate of drug-likeness (QED) is 0.753. The Balaban J connectivity index is 2.92. The molecule has 1 aromatic carbocycles. The van der Waals surface area contributed by atoms with Gasteiger partial charge in [0, 0.05) is 6.54 Å². The summed E-state index contributed by atoms with van der Waals surface area (Å²) in [6, 6.07) is 4.93. The van der Waals surface area contributed by atoms with Gasteiger partial charge in [-0.25, -0.2) is 0 Å². The first-order valence-electron chi connectivity index (χ1n) is 6.67. The molecule has 0 aliphatic rings. The van der Waals surface area contributed by atoms with Crippen LogP contribution in [-0.4, -0.2) is 31.6 Å². The molecule has 126 valence electrons. The Labute approximate surface area is 131 Å². The molecule has 0 spiro atoms. The molecular formula is C15H17F3N2O3. The molecule has 2 amide bonds. The molecule has 8 heteroatoms. The second-order valence-electron chi connectivity index (χ2n) is 4.59. The van der Waals surface area contributed by atoms with Gasteiger partial charge < -0.3 is 15.4 Å². The average Bonchev–Trinajstić information content (AvgIpc) is 2.51. The highest BCUT2D eigenvalue weighted by molar-refractivity contribution is 5.83. The number of ether oxygens (including phenoxy) is 1. The summed E-state index contributed by atoms with van der Waals surface area (Å²) in [5.41, 5.74) is 0.358. The van der Waals surface area contributed by atoms with Gasteiger partial charge in [0.15, 0.2) is 0 Å². The average molecular weight is 330 g/mol. The lowest BCUT2D eigenvalue weighted by molar-refractivity contribution is -0.174. The molecule has 0 unspecified atom stereocenters. The molecule has 23 heavy (non-hydrogen) atoms. The van der Waals surface area contributed by atoms with Gasteiger partial charge in [0.2, 0.25) is 5.91 Å². The molecule has 0 aliphatic carbocycles. The van der Waals surface area contributed by atoms with Gasteiger partial charge in [-0.15, -0.1) is 6.58 Å². The Morgan fingerprint density at radius 2 is 1.91 bits per heavy atom. The molecule has 0 radical (unpaired) electrons. The van der Waals surface area contributed by atoms with E-state index in [4.69, 9.17) is 4.74 Å². The van der Waals surface area contributed by atoms with Crippen molar-refractivity contribution in [2.75, 3.05) is 13.7 Å². The van der Waals surface area contributed by atoms with Gasteiger partial charge in [0.1, 0.15) is 5.75 Å². The van der Waals surface area contributed by atoms with Crippen LogP contribution in [0.4, 0.5) is 13.2 Å². The molecule has 0 bridgehead atoms. The summed E-state index contributed by atoms with van der Waals surface area (Å²) < 4.78 is 42.3. The van der Waals surface area contributed by atoms with Crippen LogP contribution < -0.4 is 15.4 Å². The van der Waals surface area contributed by atoms with Crippen molar-refractivity contribution in [3.8, 4) is 5.75 Å². The molecule has 1 atom stereocenters. The second kappa shape index (κ2) is 8.21. The van der Waals surface area contributed by atoms with E-state index in [-0.39, 0.29) is 13.0 Å². The molecule has 1 rings (SSSR count). The van der Waals surface area contributed by atoms with Crippen LogP contribution in [-0.2, 0) is 9.59 Å². The van der Waals surface area contributed by atoms with E-state index in [0.717, 1.165) is 0 Å². The molecule has 0 heterocycles. The monoisotopic (exact) mass is 330 g/mol. The van der Waals surface area contributed by atoms with E-state index in [1.165, 1.54) is 37.5 Å². The fourth-order valence-electron chi connectivity index (χ4n) is 1.77. The van der Waals surface area contributed by atoms with Gasteiger partial charge in [-0.05, 0) is 17.7 Å². The van der Waals surface area contributed by atoms with Crippen LogP contribution in [0.1, 0.15) is 18.0 Å². The largest absolute Gasteiger partial charge is 0.497 e. The lowest BCUT2D eigenvalue weighted by Crippen LogP contribution is -2.41. The van der Waals surface area contributed by atoms with E-state index in [0.29, 0.717) is 11.3 Å². The Kier molecular flexibility index (Phi) is 6.62. The first kappa shape index (κ1) is 18.5. The maximum Gasteiger partial charge on any atom is 0.471 e. The number of nitrogens with one attached hydrogen (secondary N) is 2. The SMILES string of the molecule is C=CCNC(=O)C[C@@H](NC(=O)C(F)(F)F)c1ccc(OC)cc1. The van der Waals surface area contributed by atoms with Gasteiger partial charge in [-0.3, -0.25) is 9.59 Å². The third-order valence-corrected chi connectivity index (χ3v) is 2.91. The number of hydrogen-bond acceptors (Lipinski definition) is 3. The maximum absolute atomic E-state index is 12.4. The van der Waals surface area contributed by atoms with E-state index in [1.54, 1.807) is 0 Å². The topological polar surface area (TPSA) is 67.4 Å². The first-order chi connectivity index (χ1) is 10.8. The van der Waals surface area contributed by atoms with Crippen molar-refractivity contribution in [2.24, 2.45) is 0 Å². The van der Waals surface area contributed by atoms with E-state index in [2.05, 4.69) is 11.9 Å². The number of amides is 2. The minimum atomic E-state index is -5.03. The zero-order chi connectivity index (χ0) is 17.5. The number of halogens is 3. The molecule has 0 fully saturated rings. The lowest BCUT2D eigenvalue weighted by Gasteiger charge is -2.20. The van der Waals surface area contributed by atoms with Crippen LogP contribution >= 0.6 is 0 Å². The van der Waals surface area contributed by atoms with Crippen molar-refractivity contribution < 1.29 is 27.5 Å². The number of benzene rings is 1. The lowest BCUT2D eigenvalue weighted by atomic mass is 10.0. The summed E-state index contributed by atoms with van der Waals surface area (Å²) in [7, 11) is 1.45. The number of carbonyl (C=O) groups excluding carboxylic acids is 2. The number of hydrogen-bond donors (Lipinski definition) is 2. The molecular weight excluding hydrogens is 313 g/mol. The smallest absolute Gasteiger partial charge is 0.471 e. The minimum Gasteiger partial charge on any atom is -0.497 e. The minimum absolute atomic E-state index is 0.182. The van der Waals surface area contributed by atoms with E-state index < -0.39 is 24.0 Å². The van der Waals surface area contributed by atoms with Crippen molar-refractivity contribution in [2.45, 2.75) is 18.6 Å². The standard InChI is InChI=1S/C15H17F3N2O3/c1-3-8-19-13(21)9-12(20-14(22)15(16,17)18)10-4-6-11(23-2)7-5-10/h3-7,12H,1,8-9H2,2H3,(H,19,21)(H,20,22)/t12-/m1/s1. The molecule has 0 saturated carbocycles. The first-order valence-corrected chi connectivity index (χ1v) is 6.67. The van der Waals surface area contributed by atoms with Gasteiger partial charge in [-0.2, -0.15) is 13.2 Å². The molecule has 1 aromatic rings. The van der Waals surface area contributed by atoms with Crippen LogP contribution in [0.2, 0.25) is 0 Å². The highest BCUT2D eigenvalue weighted by Gasteiger charge is 2.40. The van der Waals surface area contributed by atoms with Crippen LogP contribution in [0.25, 0.3) is 0 Å². The summed E-state index contributed by atoms with van der Waals surface area (Å²) >= 11 is 0. The Morgan fingerprint density at radius 3 is 2.39 bits per heavy atom. The zero-order valence-electron chi connectivity index (χ0n) is 12.4. The number of methoxy groups -OCH3 is 1. The third kappa shape index (κ3) is 6.01. The van der Waals surface area contributed by atoms with E-state index >= 15 is 0 Å². The highest BCUT2D eigenvalue weighted by Crippen LogP contribution is 2.23. The summed E-state index contributed by atoms with van der Waals surface area (Å²) in [4.78, 5) is 22.9.